The van der Waals surface area contributed by atoms with Crippen molar-refractivity contribution in [3.05, 3.63) is 53.7 Å². The Labute approximate surface area is 198 Å². The number of likely N-dealkylation sites (tertiary alicyclic amines) is 1. The number of carbonyl (C=O) groups is 2. The average Bonchev–Trinajstić information content (AvgIpc) is 2.78. The Morgan fingerprint density at radius 1 is 1.00 bits per heavy atom. The number of benzene rings is 1. The highest BCUT2D eigenvalue weighted by atomic mass is 16.2. The van der Waals surface area contributed by atoms with E-state index in [1.807, 2.05) is 41.4 Å². The van der Waals surface area contributed by atoms with Gasteiger partial charge in [-0.05, 0) is 49.1 Å². The van der Waals surface area contributed by atoms with E-state index in [4.69, 9.17) is 0 Å². The number of carbonyl (C=O) groups excluding carboxylic acids is 2. The first-order valence-electron chi connectivity index (χ1n) is 11.8. The van der Waals surface area contributed by atoms with Gasteiger partial charge in [-0.25, -0.2) is 0 Å². The zero-order chi connectivity index (χ0) is 24.2. The van der Waals surface area contributed by atoms with Crippen molar-refractivity contribution in [1.29, 1.82) is 0 Å². The fraction of sp³-hybridized carbons (Fsp3) is 0.519. The first kappa shape index (κ1) is 24.9. The molecule has 0 aliphatic carbocycles. The second-order valence-corrected chi connectivity index (χ2v) is 10.6. The number of hydrogen-bond acceptors (Lipinski definition) is 4. The third kappa shape index (κ3) is 6.87. The number of amides is 2. The maximum absolute atomic E-state index is 12.5. The molecule has 2 aromatic rings. The second kappa shape index (κ2) is 10.5. The summed E-state index contributed by atoms with van der Waals surface area (Å²) in [6.45, 7) is 8.87. The van der Waals surface area contributed by atoms with E-state index in [0.29, 0.717) is 18.0 Å². The smallest absolute Gasteiger partial charge is 0.253 e. The zero-order valence-corrected chi connectivity index (χ0v) is 21.0. The first-order valence-corrected chi connectivity index (χ1v) is 11.8. The first-order chi connectivity index (χ1) is 15.5. The Hall–Kier alpha value is -2.73. The van der Waals surface area contributed by atoms with E-state index in [1.54, 1.807) is 19.0 Å². The lowest BCUT2D eigenvalue weighted by atomic mass is 9.91. The van der Waals surface area contributed by atoms with Gasteiger partial charge in [0.15, 0.2) is 0 Å². The number of nitrogens with zero attached hydrogens (tertiary/aromatic N) is 4. The lowest BCUT2D eigenvalue weighted by Gasteiger charge is -2.37. The van der Waals surface area contributed by atoms with E-state index in [1.165, 1.54) is 5.56 Å². The van der Waals surface area contributed by atoms with E-state index in [9.17, 15) is 9.59 Å². The highest BCUT2D eigenvalue weighted by molar-refractivity contribution is 5.94. The maximum atomic E-state index is 12.5. The molecule has 0 saturated carbocycles. The number of piperidine rings is 1. The minimum absolute atomic E-state index is 0.00250. The SMILES string of the molecule is CN(C)C(=O)c1ccc(-c2ccc(CN(C)C3CCN(C(=O)CC(C)(C)C)CC3)cn2)cc1. The number of pyridine rings is 1. The van der Waals surface area contributed by atoms with Gasteiger partial charge in [0.2, 0.25) is 5.91 Å². The molecule has 1 aliphatic rings. The van der Waals surface area contributed by atoms with Gasteiger partial charge in [-0.3, -0.25) is 19.5 Å². The van der Waals surface area contributed by atoms with Crippen molar-refractivity contribution >= 4 is 11.8 Å². The highest BCUT2D eigenvalue weighted by Gasteiger charge is 2.27. The van der Waals surface area contributed by atoms with Crippen LogP contribution < -0.4 is 0 Å². The van der Waals surface area contributed by atoms with Crippen molar-refractivity contribution in [2.24, 2.45) is 5.41 Å². The molecule has 1 aromatic heterocycles. The Kier molecular flexibility index (Phi) is 7.90. The minimum atomic E-state index is -0.00250. The number of aromatic nitrogens is 1. The normalized spacial score (nSPS) is 15.1. The largest absolute Gasteiger partial charge is 0.345 e. The molecule has 0 unspecified atom stereocenters. The third-order valence-corrected chi connectivity index (χ3v) is 6.21. The third-order valence-electron chi connectivity index (χ3n) is 6.21. The zero-order valence-electron chi connectivity index (χ0n) is 21.0. The van der Waals surface area contributed by atoms with Crippen molar-refractivity contribution < 1.29 is 9.59 Å². The van der Waals surface area contributed by atoms with Crippen LogP contribution in [0.25, 0.3) is 11.3 Å². The molecular formula is C27H38N4O2. The highest BCUT2D eigenvalue weighted by Crippen LogP contribution is 2.24. The monoisotopic (exact) mass is 450 g/mol. The van der Waals surface area contributed by atoms with Gasteiger partial charge in [-0.15, -0.1) is 0 Å². The number of hydrogen-bond donors (Lipinski definition) is 0. The van der Waals surface area contributed by atoms with E-state index in [0.717, 1.165) is 43.7 Å². The Bertz CT molecular complexity index is 938. The second-order valence-electron chi connectivity index (χ2n) is 10.6. The molecular weight excluding hydrogens is 412 g/mol. The van der Waals surface area contributed by atoms with Crippen LogP contribution in [-0.2, 0) is 11.3 Å². The van der Waals surface area contributed by atoms with Gasteiger partial charge in [0.1, 0.15) is 0 Å². The quantitative estimate of drug-likeness (QED) is 0.658. The molecule has 6 nitrogen and oxygen atoms in total. The van der Waals surface area contributed by atoms with Gasteiger partial charge < -0.3 is 9.80 Å². The van der Waals surface area contributed by atoms with Crippen molar-refractivity contribution in [2.45, 2.75) is 52.6 Å². The van der Waals surface area contributed by atoms with Gasteiger partial charge in [-0.1, -0.05) is 39.0 Å². The summed E-state index contributed by atoms with van der Waals surface area (Å²) in [5, 5.41) is 0. The predicted octanol–water partition coefficient (Wildman–Crippen LogP) is 4.31. The summed E-state index contributed by atoms with van der Waals surface area (Å²) in [5.41, 5.74) is 3.78. The van der Waals surface area contributed by atoms with Crippen molar-refractivity contribution in [1.82, 2.24) is 19.7 Å². The molecule has 1 aromatic carbocycles. The molecule has 0 radical (unpaired) electrons. The predicted molar refractivity (Wildman–Crippen MR) is 133 cm³/mol. The van der Waals surface area contributed by atoms with E-state index in [-0.39, 0.29) is 17.2 Å². The summed E-state index contributed by atoms with van der Waals surface area (Å²) in [6.07, 6.45) is 4.57. The average molecular weight is 451 g/mol. The fourth-order valence-electron chi connectivity index (χ4n) is 4.27. The molecule has 0 spiro atoms. The van der Waals surface area contributed by atoms with Crippen LogP contribution in [0.1, 0.15) is 56.0 Å². The van der Waals surface area contributed by atoms with Gasteiger partial charge in [0.25, 0.3) is 5.91 Å². The summed E-state index contributed by atoms with van der Waals surface area (Å²) in [5.74, 6) is 0.278. The molecule has 2 heterocycles. The molecule has 1 saturated heterocycles. The molecule has 6 heteroatoms. The van der Waals surface area contributed by atoms with Crippen LogP contribution in [0, 0.1) is 5.41 Å². The molecule has 0 atom stereocenters. The summed E-state index contributed by atoms with van der Waals surface area (Å²) >= 11 is 0. The summed E-state index contributed by atoms with van der Waals surface area (Å²) in [6, 6.07) is 12.2. The van der Waals surface area contributed by atoms with E-state index >= 15 is 0 Å². The molecule has 0 bridgehead atoms. The summed E-state index contributed by atoms with van der Waals surface area (Å²) < 4.78 is 0. The van der Waals surface area contributed by atoms with Gasteiger partial charge in [0.05, 0.1) is 5.69 Å². The van der Waals surface area contributed by atoms with Crippen molar-refractivity contribution in [3.63, 3.8) is 0 Å². The van der Waals surface area contributed by atoms with Gasteiger partial charge in [-0.2, -0.15) is 0 Å². The molecule has 3 rings (SSSR count). The van der Waals surface area contributed by atoms with E-state index in [2.05, 4.69) is 43.8 Å². The van der Waals surface area contributed by atoms with Crippen LogP contribution in [0.2, 0.25) is 0 Å². The lowest BCUT2D eigenvalue weighted by molar-refractivity contribution is -0.134. The topological polar surface area (TPSA) is 56.8 Å². The van der Waals surface area contributed by atoms with Crippen molar-refractivity contribution in [3.8, 4) is 11.3 Å². The van der Waals surface area contributed by atoms with Crippen LogP contribution in [0.4, 0.5) is 0 Å². The Morgan fingerprint density at radius 2 is 1.64 bits per heavy atom. The van der Waals surface area contributed by atoms with Crippen LogP contribution in [-0.4, -0.2) is 71.8 Å². The molecule has 33 heavy (non-hydrogen) atoms. The molecule has 2 amide bonds. The molecule has 0 N–H and O–H groups in total. The van der Waals surface area contributed by atoms with Crippen LogP contribution in [0.15, 0.2) is 42.6 Å². The molecule has 1 aliphatic heterocycles. The number of rotatable bonds is 6. The summed E-state index contributed by atoms with van der Waals surface area (Å²) in [7, 11) is 5.67. The van der Waals surface area contributed by atoms with Crippen LogP contribution in [0.3, 0.4) is 0 Å². The van der Waals surface area contributed by atoms with Crippen LogP contribution >= 0.6 is 0 Å². The molecule has 178 valence electrons. The Balaban J connectivity index is 1.53. The standard InChI is InChI=1S/C27H38N4O2/c1-27(2,3)17-25(32)31-15-13-23(14-16-31)30(6)19-20-7-12-24(28-18-20)21-8-10-22(11-9-21)26(33)29(4)5/h7-12,18,23H,13-17,19H2,1-6H3. The Morgan fingerprint density at radius 3 is 2.15 bits per heavy atom. The van der Waals surface area contributed by atoms with E-state index < -0.39 is 0 Å². The summed E-state index contributed by atoms with van der Waals surface area (Å²) in [4.78, 5) is 35.2. The fourth-order valence-corrected chi connectivity index (χ4v) is 4.27. The van der Waals surface area contributed by atoms with Crippen LogP contribution in [0.5, 0.6) is 0 Å². The maximum Gasteiger partial charge on any atom is 0.253 e. The minimum Gasteiger partial charge on any atom is -0.345 e. The molecule has 1 fully saturated rings. The lowest BCUT2D eigenvalue weighted by Crippen LogP contribution is -2.46. The van der Waals surface area contributed by atoms with Gasteiger partial charge >= 0.3 is 0 Å². The van der Waals surface area contributed by atoms with Gasteiger partial charge in [0, 0.05) is 63.5 Å². The van der Waals surface area contributed by atoms with Crippen molar-refractivity contribution in [2.75, 3.05) is 34.2 Å².